The molecule has 0 spiro atoms. The average Bonchev–Trinajstić information content (AvgIpc) is 2.80. The monoisotopic (exact) mass is 484 g/mol. The molecular weight excluding hydrogens is 463 g/mol. The number of carbonyl (C=O) groups is 1. The molecule has 2 aromatic carbocycles. The van der Waals surface area contributed by atoms with Crippen LogP contribution in [0.4, 0.5) is 0 Å². The lowest BCUT2D eigenvalue weighted by molar-refractivity contribution is -0.136. The number of methoxy groups -OCH3 is 1. The smallest absolute Gasteiger partial charge is 0.340 e. The van der Waals surface area contributed by atoms with Gasteiger partial charge in [-0.1, -0.05) is 59.6 Å². The van der Waals surface area contributed by atoms with Gasteiger partial charge in [-0.25, -0.2) is 4.79 Å². The van der Waals surface area contributed by atoms with E-state index in [1.807, 2.05) is 37.3 Å². The molecule has 3 aromatic rings. The van der Waals surface area contributed by atoms with Gasteiger partial charge in [0, 0.05) is 18.3 Å². The third-order valence-electron chi connectivity index (χ3n) is 5.72. The minimum atomic E-state index is -0.827. The van der Waals surface area contributed by atoms with Crippen molar-refractivity contribution in [3.8, 4) is 5.75 Å². The first kappa shape index (κ1) is 23.0. The van der Waals surface area contributed by atoms with E-state index >= 15 is 0 Å². The standard InChI is InChI=1S/C25H22Cl2N2O4/c1-14-12-19-21(24(30)29(14)11-10-15-6-4-3-5-7-15)20(16-8-9-17(26)18(27)13-16)22(23(28)33-19)25(31)32-2/h3-9,12-13,20H,10-11,28H2,1-2H3/t20-/m1/s1. The summed E-state index contributed by atoms with van der Waals surface area (Å²) in [6.45, 7) is 2.29. The molecule has 1 aromatic heterocycles. The fraction of sp³-hybridized carbons (Fsp3) is 0.200. The Hall–Kier alpha value is -3.22. The number of benzene rings is 2. The summed E-state index contributed by atoms with van der Waals surface area (Å²) in [6, 6.07) is 16.6. The van der Waals surface area contributed by atoms with Gasteiger partial charge in [0.15, 0.2) is 0 Å². The summed E-state index contributed by atoms with van der Waals surface area (Å²) in [6.07, 6.45) is 0.667. The van der Waals surface area contributed by atoms with Gasteiger partial charge in [0.05, 0.1) is 28.6 Å². The molecule has 2 N–H and O–H groups in total. The molecule has 0 unspecified atom stereocenters. The van der Waals surface area contributed by atoms with Crippen molar-refractivity contribution in [2.45, 2.75) is 25.8 Å². The Morgan fingerprint density at radius 2 is 1.85 bits per heavy atom. The van der Waals surface area contributed by atoms with E-state index in [2.05, 4.69) is 0 Å². The molecule has 0 bridgehead atoms. The van der Waals surface area contributed by atoms with Crippen LogP contribution in [0.15, 0.2) is 70.8 Å². The van der Waals surface area contributed by atoms with Crippen LogP contribution in [0.1, 0.15) is 28.3 Å². The van der Waals surface area contributed by atoms with E-state index in [1.165, 1.54) is 7.11 Å². The van der Waals surface area contributed by atoms with Gasteiger partial charge in [-0.05, 0) is 36.6 Å². The summed E-state index contributed by atoms with van der Waals surface area (Å²) < 4.78 is 12.4. The molecule has 0 saturated carbocycles. The van der Waals surface area contributed by atoms with Crippen LogP contribution in [-0.2, 0) is 22.5 Å². The highest BCUT2D eigenvalue weighted by atomic mass is 35.5. The molecule has 1 aliphatic rings. The van der Waals surface area contributed by atoms with Crippen molar-refractivity contribution in [1.29, 1.82) is 0 Å². The number of esters is 1. The summed E-state index contributed by atoms with van der Waals surface area (Å²) >= 11 is 12.4. The van der Waals surface area contributed by atoms with Gasteiger partial charge in [0.1, 0.15) is 11.3 Å². The number of hydrogen-bond donors (Lipinski definition) is 1. The number of nitrogens with zero attached hydrogens (tertiary/aromatic N) is 1. The number of aryl methyl sites for hydroxylation is 2. The van der Waals surface area contributed by atoms with Crippen LogP contribution >= 0.6 is 23.2 Å². The van der Waals surface area contributed by atoms with Crippen molar-refractivity contribution in [2.24, 2.45) is 5.73 Å². The van der Waals surface area contributed by atoms with E-state index in [1.54, 1.807) is 28.8 Å². The number of ether oxygens (including phenoxy) is 2. The van der Waals surface area contributed by atoms with E-state index in [-0.39, 0.29) is 17.0 Å². The first-order chi connectivity index (χ1) is 15.8. The predicted octanol–water partition coefficient (Wildman–Crippen LogP) is 4.57. The number of carbonyl (C=O) groups excluding carboxylic acids is 1. The summed E-state index contributed by atoms with van der Waals surface area (Å²) in [7, 11) is 1.25. The van der Waals surface area contributed by atoms with Gasteiger partial charge in [-0.2, -0.15) is 0 Å². The number of pyridine rings is 1. The summed E-state index contributed by atoms with van der Waals surface area (Å²) in [5, 5.41) is 0.648. The Bertz CT molecular complexity index is 1320. The molecule has 4 rings (SSSR count). The van der Waals surface area contributed by atoms with Gasteiger partial charge in [-0.15, -0.1) is 0 Å². The number of hydrogen-bond acceptors (Lipinski definition) is 5. The van der Waals surface area contributed by atoms with E-state index < -0.39 is 11.9 Å². The zero-order valence-electron chi connectivity index (χ0n) is 18.1. The second-order valence-electron chi connectivity index (χ2n) is 7.73. The molecule has 1 aliphatic heterocycles. The molecular formula is C25H22Cl2N2O4. The molecule has 0 radical (unpaired) electrons. The maximum atomic E-state index is 13.8. The van der Waals surface area contributed by atoms with Gasteiger partial charge in [0.2, 0.25) is 5.88 Å². The topological polar surface area (TPSA) is 83.5 Å². The number of rotatable bonds is 5. The van der Waals surface area contributed by atoms with Gasteiger partial charge < -0.3 is 19.8 Å². The minimum Gasteiger partial charge on any atom is -0.465 e. The maximum Gasteiger partial charge on any atom is 0.340 e. The summed E-state index contributed by atoms with van der Waals surface area (Å²) in [5.41, 5.74) is 8.59. The van der Waals surface area contributed by atoms with Crippen molar-refractivity contribution in [3.05, 3.63) is 109 Å². The van der Waals surface area contributed by atoms with Crippen LogP contribution in [-0.4, -0.2) is 17.6 Å². The van der Waals surface area contributed by atoms with Gasteiger partial charge >= 0.3 is 5.97 Å². The summed E-state index contributed by atoms with van der Waals surface area (Å²) in [4.78, 5) is 26.5. The first-order valence-corrected chi connectivity index (χ1v) is 11.1. The molecule has 6 nitrogen and oxygen atoms in total. The zero-order valence-corrected chi connectivity index (χ0v) is 19.6. The number of aromatic nitrogens is 1. The Morgan fingerprint density at radius 1 is 1.12 bits per heavy atom. The van der Waals surface area contributed by atoms with E-state index in [4.69, 9.17) is 38.4 Å². The third-order valence-corrected chi connectivity index (χ3v) is 6.46. The molecule has 2 heterocycles. The second kappa shape index (κ2) is 9.33. The third kappa shape index (κ3) is 4.36. The van der Waals surface area contributed by atoms with Crippen LogP contribution in [0.3, 0.4) is 0 Å². The molecule has 0 amide bonds. The zero-order chi connectivity index (χ0) is 23.7. The second-order valence-corrected chi connectivity index (χ2v) is 8.55. The highest BCUT2D eigenvalue weighted by Crippen LogP contribution is 2.42. The van der Waals surface area contributed by atoms with Crippen molar-refractivity contribution < 1.29 is 14.3 Å². The van der Waals surface area contributed by atoms with E-state index in [0.717, 1.165) is 11.3 Å². The van der Waals surface area contributed by atoms with Crippen molar-refractivity contribution in [1.82, 2.24) is 4.57 Å². The van der Waals surface area contributed by atoms with Crippen molar-refractivity contribution in [2.75, 3.05) is 7.11 Å². The van der Waals surface area contributed by atoms with Crippen LogP contribution in [0.25, 0.3) is 0 Å². The number of nitrogens with two attached hydrogens (primary N) is 1. The largest absolute Gasteiger partial charge is 0.465 e. The Morgan fingerprint density at radius 3 is 2.52 bits per heavy atom. The van der Waals surface area contributed by atoms with Gasteiger partial charge in [-0.3, -0.25) is 4.79 Å². The van der Waals surface area contributed by atoms with Crippen molar-refractivity contribution in [3.63, 3.8) is 0 Å². The normalized spacial score (nSPS) is 15.1. The Kier molecular flexibility index (Phi) is 6.49. The quantitative estimate of drug-likeness (QED) is 0.536. The molecule has 33 heavy (non-hydrogen) atoms. The predicted molar refractivity (Wildman–Crippen MR) is 128 cm³/mol. The SMILES string of the molecule is COC(=O)C1=C(N)Oc2cc(C)n(CCc3ccccc3)c(=O)c2[C@H]1c1ccc(Cl)c(Cl)c1. The van der Waals surface area contributed by atoms with E-state index in [0.29, 0.717) is 39.9 Å². The Balaban J connectivity index is 1.88. The lowest BCUT2D eigenvalue weighted by Gasteiger charge is -2.29. The van der Waals surface area contributed by atoms with Crippen LogP contribution in [0.5, 0.6) is 5.75 Å². The fourth-order valence-corrected chi connectivity index (χ4v) is 4.39. The van der Waals surface area contributed by atoms with Gasteiger partial charge in [0.25, 0.3) is 5.56 Å². The van der Waals surface area contributed by atoms with Crippen molar-refractivity contribution >= 4 is 29.2 Å². The molecule has 8 heteroatoms. The molecule has 1 atom stereocenters. The molecule has 0 aliphatic carbocycles. The highest BCUT2D eigenvalue weighted by molar-refractivity contribution is 6.42. The highest BCUT2D eigenvalue weighted by Gasteiger charge is 2.38. The lowest BCUT2D eigenvalue weighted by atomic mass is 9.83. The summed E-state index contributed by atoms with van der Waals surface area (Å²) in [5.74, 6) is -1.34. The molecule has 0 fully saturated rings. The maximum absolute atomic E-state index is 13.8. The van der Waals surface area contributed by atoms with Crippen LogP contribution < -0.4 is 16.0 Å². The fourth-order valence-electron chi connectivity index (χ4n) is 4.08. The first-order valence-electron chi connectivity index (χ1n) is 10.3. The minimum absolute atomic E-state index is 0.0407. The Labute approximate surface area is 201 Å². The average molecular weight is 485 g/mol. The number of fused-ring (bicyclic) bond motifs is 1. The van der Waals surface area contributed by atoms with E-state index in [9.17, 15) is 9.59 Å². The molecule has 170 valence electrons. The molecule has 0 saturated heterocycles. The lowest BCUT2D eigenvalue weighted by Crippen LogP contribution is -2.35. The van der Waals surface area contributed by atoms with Crippen LogP contribution in [0, 0.1) is 6.92 Å². The van der Waals surface area contributed by atoms with Crippen LogP contribution in [0.2, 0.25) is 10.0 Å². The number of halogens is 2.